The molecule has 0 radical (unpaired) electrons. The van der Waals surface area contributed by atoms with Crippen LogP contribution >= 0.6 is 0 Å². The van der Waals surface area contributed by atoms with E-state index in [0.717, 1.165) is 0 Å². The number of allylic oxidation sites excluding steroid dienone is 1. The molecule has 0 saturated heterocycles. The number of ketones is 1. The first kappa shape index (κ1) is 26.3. The van der Waals surface area contributed by atoms with Crippen LogP contribution in [0.15, 0.2) is 23.8 Å². The molecule has 0 unspecified atom stereocenters. The minimum absolute atomic E-state index is 0.0176. The number of hydrogen-bond acceptors (Lipinski definition) is 7. The Kier molecular flexibility index (Phi) is 8.10. The van der Waals surface area contributed by atoms with Gasteiger partial charge in [0.1, 0.15) is 23.6 Å². The Balaban J connectivity index is 2.63. The molecule has 1 saturated carbocycles. The van der Waals surface area contributed by atoms with Crippen LogP contribution in [0.5, 0.6) is 0 Å². The van der Waals surface area contributed by atoms with Crippen LogP contribution < -0.4 is 0 Å². The van der Waals surface area contributed by atoms with Crippen molar-refractivity contribution in [2.45, 2.75) is 91.6 Å². The standard InChI is InChI=1S/C25H38O7/c1-8-21(28)32-22-16(4)13-25(30)18(22)11-15(3)19(31-17(5)26)12-20(27)24(6,7)10-9-14(2)23(25)29/h9-11,14,16,18-19,22-23,29-30H,8,12-13H2,1-7H3/b10-9+,15-11+/t14-,16-,18+,19-,22+,23+,25-/m1/s1. The lowest BCUT2D eigenvalue weighted by molar-refractivity contribution is -0.156. The van der Waals surface area contributed by atoms with Gasteiger partial charge >= 0.3 is 11.9 Å². The van der Waals surface area contributed by atoms with Gasteiger partial charge in [0, 0.05) is 37.0 Å². The first-order chi connectivity index (χ1) is 14.7. The van der Waals surface area contributed by atoms with E-state index in [4.69, 9.17) is 9.47 Å². The lowest BCUT2D eigenvalue weighted by Crippen LogP contribution is -2.50. The van der Waals surface area contributed by atoms with Crippen molar-refractivity contribution in [2.75, 3.05) is 0 Å². The Bertz CT molecular complexity index is 796. The molecule has 0 aliphatic heterocycles. The number of esters is 2. The fraction of sp³-hybridized carbons (Fsp3) is 0.720. The number of fused-ring (bicyclic) bond motifs is 1. The number of rotatable bonds is 3. The van der Waals surface area contributed by atoms with Crippen molar-refractivity contribution in [1.29, 1.82) is 0 Å². The maximum Gasteiger partial charge on any atom is 0.305 e. The van der Waals surface area contributed by atoms with Crippen LogP contribution in [0.1, 0.15) is 67.7 Å². The molecular weight excluding hydrogens is 412 g/mol. The van der Waals surface area contributed by atoms with E-state index in [0.29, 0.717) is 5.57 Å². The summed E-state index contributed by atoms with van der Waals surface area (Å²) in [5.41, 5.74) is -1.82. The molecule has 2 aliphatic rings. The molecule has 2 N–H and O–H groups in total. The molecule has 0 aromatic heterocycles. The fourth-order valence-corrected chi connectivity index (χ4v) is 4.75. The van der Waals surface area contributed by atoms with E-state index in [1.807, 2.05) is 6.92 Å². The molecule has 7 nitrogen and oxygen atoms in total. The summed E-state index contributed by atoms with van der Waals surface area (Å²) in [7, 11) is 0. The van der Waals surface area contributed by atoms with E-state index in [1.54, 1.807) is 52.8 Å². The first-order valence-corrected chi connectivity index (χ1v) is 11.4. The van der Waals surface area contributed by atoms with Gasteiger partial charge in [0.2, 0.25) is 0 Å². The zero-order valence-corrected chi connectivity index (χ0v) is 20.3. The Morgan fingerprint density at radius 3 is 2.41 bits per heavy atom. The summed E-state index contributed by atoms with van der Waals surface area (Å²) in [5, 5.41) is 22.9. The predicted octanol–water partition coefficient (Wildman–Crippen LogP) is 3.13. The zero-order valence-electron chi connectivity index (χ0n) is 20.3. The summed E-state index contributed by atoms with van der Waals surface area (Å²) < 4.78 is 11.1. The van der Waals surface area contributed by atoms with Crippen molar-refractivity contribution in [1.82, 2.24) is 0 Å². The molecule has 7 atom stereocenters. The van der Waals surface area contributed by atoms with E-state index < -0.39 is 47.1 Å². The number of ether oxygens (including phenoxy) is 2. The second kappa shape index (κ2) is 9.87. The Morgan fingerprint density at radius 2 is 1.84 bits per heavy atom. The Hall–Kier alpha value is -1.99. The maximum atomic E-state index is 13.0. The number of Topliss-reactive ketones (excluding diaryl/α,β-unsaturated/α-hetero) is 1. The van der Waals surface area contributed by atoms with Gasteiger partial charge in [-0.2, -0.15) is 0 Å². The number of aliphatic hydroxyl groups is 2. The first-order valence-electron chi connectivity index (χ1n) is 11.4. The van der Waals surface area contributed by atoms with Crippen molar-refractivity contribution < 1.29 is 34.1 Å². The lowest BCUT2D eigenvalue weighted by Gasteiger charge is -2.38. The smallest absolute Gasteiger partial charge is 0.305 e. The second-order valence-corrected chi connectivity index (χ2v) is 10.0. The fourth-order valence-electron chi connectivity index (χ4n) is 4.75. The van der Waals surface area contributed by atoms with Gasteiger partial charge < -0.3 is 19.7 Å². The summed E-state index contributed by atoms with van der Waals surface area (Å²) in [6.07, 6.45) is 2.99. The minimum Gasteiger partial charge on any atom is -0.461 e. The van der Waals surface area contributed by atoms with Gasteiger partial charge in [-0.05, 0) is 38.7 Å². The van der Waals surface area contributed by atoms with Gasteiger partial charge in [-0.3, -0.25) is 14.4 Å². The van der Waals surface area contributed by atoms with Crippen molar-refractivity contribution in [3.05, 3.63) is 23.8 Å². The third kappa shape index (κ3) is 5.49. The van der Waals surface area contributed by atoms with Crippen molar-refractivity contribution in [3.8, 4) is 0 Å². The highest BCUT2D eigenvalue weighted by Gasteiger charge is 2.56. The van der Waals surface area contributed by atoms with Crippen LogP contribution in [0.3, 0.4) is 0 Å². The van der Waals surface area contributed by atoms with Gasteiger partial charge in [0.15, 0.2) is 0 Å². The molecule has 1 fully saturated rings. The Morgan fingerprint density at radius 1 is 1.22 bits per heavy atom. The number of aliphatic hydroxyl groups excluding tert-OH is 1. The van der Waals surface area contributed by atoms with Crippen LogP contribution in [0, 0.1) is 23.2 Å². The van der Waals surface area contributed by atoms with Crippen LogP contribution in [-0.4, -0.2) is 51.8 Å². The average Bonchev–Trinajstić information content (AvgIpc) is 2.94. The van der Waals surface area contributed by atoms with Crippen LogP contribution in [0.2, 0.25) is 0 Å². The molecule has 0 spiro atoms. The summed E-state index contributed by atoms with van der Waals surface area (Å²) in [4.78, 5) is 36.9. The van der Waals surface area contributed by atoms with Gasteiger partial charge in [0.25, 0.3) is 0 Å². The maximum absolute atomic E-state index is 13.0. The number of hydrogen-bond donors (Lipinski definition) is 2. The highest BCUT2D eigenvalue weighted by molar-refractivity contribution is 5.87. The molecule has 2 aliphatic carbocycles. The van der Waals surface area contributed by atoms with Crippen molar-refractivity contribution in [2.24, 2.45) is 23.2 Å². The zero-order chi connectivity index (χ0) is 24.4. The molecule has 0 aromatic rings. The van der Waals surface area contributed by atoms with Crippen LogP contribution in [0.4, 0.5) is 0 Å². The summed E-state index contributed by atoms with van der Waals surface area (Å²) in [6.45, 7) is 11.9. The number of carbonyl (C=O) groups is 3. The Labute approximate surface area is 190 Å². The average molecular weight is 451 g/mol. The third-order valence-electron chi connectivity index (χ3n) is 6.87. The lowest BCUT2D eigenvalue weighted by atomic mass is 9.76. The highest BCUT2D eigenvalue weighted by Crippen LogP contribution is 2.47. The molecule has 32 heavy (non-hydrogen) atoms. The summed E-state index contributed by atoms with van der Waals surface area (Å²) in [6, 6.07) is 0. The predicted molar refractivity (Wildman–Crippen MR) is 119 cm³/mol. The van der Waals surface area contributed by atoms with E-state index in [1.165, 1.54) is 6.92 Å². The van der Waals surface area contributed by atoms with Crippen molar-refractivity contribution >= 4 is 17.7 Å². The van der Waals surface area contributed by atoms with Gasteiger partial charge in [-0.25, -0.2) is 0 Å². The van der Waals surface area contributed by atoms with Crippen molar-refractivity contribution in [3.63, 3.8) is 0 Å². The SMILES string of the molecule is CCC(=O)O[C@H]1[C@H](C)C[C@]2(O)[C@@H](O)[C@H](C)/C=C/C(C)(C)C(=O)C[C@@H](OC(C)=O)/C(C)=C/[C@@H]12. The largest absolute Gasteiger partial charge is 0.461 e. The van der Waals surface area contributed by atoms with E-state index in [-0.39, 0.29) is 36.9 Å². The topological polar surface area (TPSA) is 110 Å². The van der Waals surface area contributed by atoms with Crippen LogP contribution in [-0.2, 0) is 23.9 Å². The normalized spacial score (nSPS) is 40.2. The highest BCUT2D eigenvalue weighted by atomic mass is 16.5. The molecule has 2 rings (SSSR count). The molecule has 0 heterocycles. The van der Waals surface area contributed by atoms with Gasteiger partial charge in [0.05, 0.1) is 6.10 Å². The second-order valence-electron chi connectivity index (χ2n) is 10.0. The number of carbonyl (C=O) groups excluding carboxylic acids is 3. The van der Waals surface area contributed by atoms with E-state index in [2.05, 4.69) is 0 Å². The monoisotopic (exact) mass is 450 g/mol. The van der Waals surface area contributed by atoms with Gasteiger partial charge in [-0.1, -0.05) is 39.0 Å². The van der Waals surface area contributed by atoms with Crippen LogP contribution in [0.25, 0.3) is 0 Å². The van der Waals surface area contributed by atoms with Gasteiger partial charge in [-0.15, -0.1) is 0 Å². The van der Waals surface area contributed by atoms with E-state index >= 15 is 0 Å². The summed E-state index contributed by atoms with van der Waals surface area (Å²) in [5.74, 6) is -2.39. The molecule has 0 amide bonds. The molecule has 180 valence electrons. The molecule has 0 aromatic carbocycles. The summed E-state index contributed by atoms with van der Waals surface area (Å²) >= 11 is 0. The molecular formula is C25H38O7. The molecule has 7 heteroatoms. The van der Waals surface area contributed by atoms with E-state index in [9.17, 15) is 24.6 Å². The molecule has 0 bridgehead atoms. The third-order valence-corrected chi connectivity index (χ3v) is 6.87. The quantitative estimate of drug-likeness (QED) is 0.502. The minimum atomic E-state index is -1.56.